The molecule has 1 N–H and O–H groups in total. The van der Waals surface area contributed by atoms with Crippen molar-refractivity contribution in [2.24, 2.45) is 0 Å². The fourth-order valence-electron chi connectivity index (χ4n) is 3.67. The molecule has 2 aromatic carbocycles. The third kappa shape index (κ3) is 6.08. The summed E-state index contributed by atoms with van der Waals surface area (Å²) < 4.78 is 20.1. The minimum absolute atomic E-state index is 0.0667. The van der Waals surface area contributed by atoms with E-state index in [0.29, 0.717) is 23.7 Å². The summed E-state index contributed by atoms with van der Waals surface area (Å²) in [5, 5.41) is 8.46. The van der Waals surface area contributed by atoms with Gasteiger partial charge in [-0.15, -0.1) is 5.10 Å². The summed E-state index contributed by atoms with van der Waals surface area (Å²) >= 11 is 1.07. The van der Waals surface area contributed by atoms with Gasteiger partial charge in [0.2, 0.25) is 5.91 Å². The number of benzene rings is 2. The van der Waals surface area contributed by atoms with Crippen LogP contribution in [0.1, 0.15) is 40.3 Å². The van der Waals surface area contributed by atoms with Crippen molar-refractivity contribution >= 4 is 23.3 Å². The number of ether oxygens (including phenoxy) is 2. The number of amides is 2. The number of furan rings is 1. The first kappa shape index (κ1) is 24.9. The van der Waals surface area contributed by atoms with E-state index in [1.165, 1.54) is 11.2 Å². The molecule has 0 bridgehead atoms. The first-order valence-corrected chi connectivity index (χ1v) is 12.2. The van der Waals surface area contributed by atoms with E-state index in [1.807, 2.05) is 31.2 Å². The summed E-state index contributed by atoms with van der Waals surface area (Å²) in [6.07, 6.45) is 1.53. The second-order valence-electron chi connectivity index (χ2n) is 7.77. The molecule has 0 aliphatic rings. The Labute approximate surface area is 212 Å². The highest BCUT2D eigenvalue weighted by Crippen LogP contribution is 2.28. The second kappa shape index (κ2) is 12.0. The molecule has 9 nitrogen and oxygen atoms in total. The third-order valence-corrected chi connectivity index (χ3v) is 5.94. The lowest BCUT2D eigenvalue weighted by Crippen LogP contribution is -2.43. The molecule has 0 saturated carbocycles. The molecule has 0 aliphatic heterocycles. The lowest BCUT2D eigenvalue weighted by Gasteiger charge is -2.30. The van der Waals surface area contributed by atoms with Crippen LogP contribution in [-0.2, 0) is 17.9 Å². The number of carbonyl (C=O) groups is 2. The Hall–Kier alpha value is -4.18. The molecule has 0 saturated heterocycles. The molecule has 10 heteroatoms. The summed E-state index contributed by atoms with van der Waals surface area (Å²) in [7, 11) is 1.60. The van der Waals surface area contributed by atoms with Crippen molar-refractivity contribution < 1.29 is 23.5 Å². The van der Waals surface area contributed by atoms with Crippen molar-refractivity contribution in [2.45, 2.75) is 26.1 Å². The summed E-state index contributed by atoms with van der Waals surface area (Å²) in [5.41, 5.74) is 1.67. The number of hydrogen-bond donors (Lipinski definition) is 1. The number of carbonyl (C=O) groups excluding carboxylic acids is 2. The van der Waals surface area contributed by atoms with Crippen molar-refractivity contribution in [1.82, 2.24) is 19.8 Å². The molecule has 2 aromatic heterocycles. The quantitative estimate of drug-likeness (QED) is 0.324. The van der Waals surface area contributed by atoms with Crippen molar-refractivity contribution in [3.8, 4) is 11.5 Å². The van der Waals surface area contributed by atoms with E-state index in [9.17, 15) is 9.59 Å². The van der Waals surface area contributed by atoms with Crippen molar-refractivity contribution in [3.05, 3.63) is 94.9 Å². The number of aromatic nitrogens is 2. The van der Waals surface area contributed by atoms with E-state index in [0.717, 1.165) is 22.8 Å². The number of hydrogen-bond acceptors (Lipinski definition) is 8. The van der Waals surface area contributed by atoms with Crippen LogP contribution in [0.3, 0.4) is 0 Å². The minimum atomic E-state index is -0.960. The van der Waals surface area contributed by atoms with Crippen LogP contribution in [0.25, 0.3) is 0 Å². The lowest BCUT2D eigenvalue weighted by molar-refractivity contribution is -0.126. The fraction of sp³-hybridized carbons (Fsp3) is 0.231. The highest BCUT2D eigenvalue weighted by molar-refractivity contribution is 7.03. The van der Waals surface area contributed by atoms with Crippen LogP contribution >= 0.6 is 11.5 Å². The lowest BCUT2D eigenvalue weighted by atomic mass is 10.0. The molecule has 36 heavy (non-hydrogen) atoms. The first-order valence-electron chi connectivity index (χ1n) is 11.3. The van der Waals surface area contributed by atoms with Gasteiger partial charge in [-0.1, -0.05) is 28.8 Å². The maximum absolute atomic E-state index is 13.7. The standard InChI is InChI=1S/C26H26N4O5S/c1-3-34-21-12-8-19(9-13-21)24(25(31)27-15-18-6-10-20(33-2)11-7-18)30(16-22-5-4-14-35-22)26(32)23-17-36-29-28-23/h4-14,17,24H,3,15-16H2,1-2H3,(H,27,31). The number of rotatable bonds is 11. The summed E-state index contributed by atoms with van der Waals surface area (Å²) in [4.78, 5) is 28.6. The largest absolute Gasteiger partial charge is 0.497 e. The third-order valence-electron chi connectivity index (χ3n) is 5.44. The number of methoxy groups -OCH3 is 1. The maximum atomic E-state index is 13.7. The molecule has 186 valence electrons. The van der Waals surface area contributed by atoms with Gasteiger partial charge in [0.1, 0.15) is 23.3 Å². The fourth-order valence-corrected chi connectivity index (χ4v) is 4.10. The van der Waals surface area contributed by atoms with Crippen LogP contribution in [0.5, 0.6) is 11.5 Å². The maximum Gasteiger partial charge on any atom is 0.276 e. The Morgan fingerprint density at radius 1 is 1.08 bits per heavy atom. The molecule has 1 unspecified atom stereocenters. The first-order chi connectivity index (χ1) is 17.6. The second-order valence-corrected chi connectivity index (χ2v) is 8.38. The van der Waals surface area contributed by atoms with E-state index in [2.05, 4.69) is 14.9 Å². The van der Waals surface area contributed by atoms with Gasteiger partial charge in [0.25, 0.3) is 5.91 Å². The predicted molar refractivity (Wildman–Crippen MR) is 134 cm³/mol. The normalized spacial score (nSPS) is 11.5. The SMILES string of the molecule is CCOc1ccc(C(C(=O)NCc2ccc(OC)cc2)N(Cc2ccco2)C(=O)c2csnn2)cc1. The van der Waals surface area contributed by atoms with Crippen LogP contribution in [0.15, 0.2) is 76.7 Å². The number of nitrogens with one attached hydrogen (secondary N) is 1. The highest BCUT2D eigenvalue weighted by Gasteiger charge is 2.34. The van der Waals surface area contributed by atoms with E-state index < -0.39 is 11.9 Å². The smallest absolute Gasteiger partial charge is 0.276 e. The van der Waals surface area contributed by atoms with Gasteiger partial charge in [-0.2, -0.15) is 0 Å². The predicted octanol–water partition coefficient (Wildman–Crippen LogP) is 4.24. The van der Waals surface area contributed by atoms with Gasteiger partial charge in [0.15, 0.2) is 5.69 Å². The van der Waals surface area contributed by atoms with E-state index in [1.54, 1.807) is 48.9 Å². The summed E-state index contributed by atoms with van der Waals surface area (Å²) in [6.45, 7) is 2.76. The zero-order valence-corrected chi connectivity index (χ0v) is 20.7. The molecule has 4 rings (SSSR count). The molecule has 1 atom stereocenters. The average Bonchev–Trinajstić information content (AvgIpc) is 3.63. The van der Waals surface area contributed by atoms with E-state index >= 15 is 0 Å². The van der Waals surface area contributed by atoms with Gasteiger partial charge in [0, 0.05) is 11.9 Å². The van der Waals surface area contributed by atoms with Crippen LogP contribution in [0, 0.1) is 0 Å². The van der Waals surface area contributed by atoms with Gasteiger partial charge in [-0.05, 0) is 66.0 Å². The summed E-state index contributed by atoms with van der Waals surface area (Å²) in [5.74, 6) is 1.15. The van der Waals surface area contributed by atoms with E-state index in [-0.39, 0.29) is 24.7 Å². The number of nitrogens with zero attached hydrogens (tertiary/aromatic N) is 3. The van der Waals surface area contributed by atoms with Gasteiger partial charge in [-0.25, -0.2) is 0 Å². The topological polar surface area (TPSA) is 107 Å². The highest BCUT2D eigenvalue weighted by atomic mass is 32.1. The molecule has 0 fully saturated rings. The van der Waals surface area contributed by atoms with Crippen molar-refractivity contribution in [2.75, 3.05) is 13.7 Å². The Kier molecular flexibility index (Phi) is 8.30. The van der Waals surface area contributed by atoms with E-state index in [4.69, 9.17) is 13.9 Å². The molecule has 4 aromatic rings. The molecular formula is C26H26N4O5S. The van der Waals surface area contributed by atoms with Crippen molar-refractivity contribution in [1.29, 1.82) is 0 Å². The van der Waals surface area contributed by atoms with Gasteiger partial charge in [0.05, 0.1) is 26.5 Å². The summed E-state index contributed by atoms with van der Waals surface area (Å²) in [6, 6.07) is 17.1. The molecule has 0 spiro atoms. The van der Waals surface area contributed by atoms with Crippen LogP contribution in [0.4, 0.5) is 0 Å². The Morgan fingerprint density at radius 2 is 1.83 bits per heavy atom. The average molecular weight is 507 g/mol. The van der Waals surface area contributed by atoms with Gasteiger partial charge < -0.3 is 24.1 Å². The monoisotopic (exact) mass is 506 g/mol. The van der Waals surface area contributed by atoms with Crippen LogP contribution in [0.2, 0.25) is 0 Å². The van der Waals surface area contributed by atoms with Crippen molar-refractivity contribution in [3.63, 3.8) is 0 Å². The molecular weight excluding hydrogens is 480 g/mol. The van der Waals surface area contributed by atoms with Gasteiger partial charge in [-0.3, -0.25) is 9.59 Å². The Morgan fingerprint density at radius 3 is 2.44 bits per heavy atom. The Balaban J connectivity index is 1.66. The Bertz CT molecular complexity index is 1240. The zero-order valence-electron chi connectivity index (χ0n) is 19.9. The van der Waals surface area contributed by atoms with Gasteiger partial charge >= 0.3 is 0 Å². The van der Waals surface area contributed by atoms with Crippen LogP contribution < -0.4 is 14.8 Å². The molecule has 2 amide bonds. The zero-order chi connectivity index (χ0) is 25.3. The molecule has 0 radical (unpaired) electrons. The molecule has 2 heterocycles. The van der Waals surface area contributed by atoms with Crippen LogP contribution in [-0.4, -0.2) is 40.0 Å². The molecule has 0 aliphatic carbocycles. The minimum Gasteiger partial charge on any atom is -0.497 e.